The fourth-order valence-electron chi connectivity index (χ4n) is 3.25. The monoisotopic (exact) mass is 330 g/mol. The Kier molecular flexibility index (Phi) is 6.55. The van der Waals surface area contributed by atoms with E-state index in [0.29, 0.717) is 25.4 Å². The maximum Gasteiger partial charge on any atom is 0.330 e. The fourth-order valence-corrected chi connectivity index (χ4v) is 3.25. The molecule has 2 heterocycles. The van der Waals surface area contributed by atoms with Gasteiger partial charge in [-0.25, -0.2) is 4.79 Å². The summed E-state index contributed by atoms with van der Waals surface area (Å²) < 4.78 is 10.1. The Bertz CT molecular complexity index is 436. The summed E-state index contributed by atoms with van der Waals surface area (Å²) in [6.45, 7) is 2.14. The molecule has 23 heavy (non-hydrogen) atoms. The van der Waals surface area contributed by atoms with Crippen molar-refractivity contribution in [2.75, 3.05) is 13.2 Å². The van der Waals surface area contributed by atoms with E-state index in [4.69, 9.17) is 24.8 Å². The van der Waals surface area contributed by atoms with Crippen molar-refractivity contribution in [1.29, 1.82) is 0 Å². The second-order valence-electron chi connectivity index (χ2n) is 6.38. The van der Waals surface area contributed by atoms with E-state index in [2.05, 4.69) is 0 Å². The Labute approximate surface area is 135 Å². The molecular weight excluding hydrogens is 304 g/mol. The maximum atomic E-state index is 11.1. The molecule has 0 spiro atoms. The Morgan fingerprint density at radius 1 is 1.22 bits per heavy atom. The third kappa shape index (κ3) is 4.74. The number of carbonyl (C=O) groups is 1. The molecule has 1 aliphatic carbocycles. The lowest BCUT2D eigenvalue weighted by molar-refractivity contribution is -0.151. The molecular formula is C16H26O7. The first-order valence-corrected chi connectivity index (χ1v) is 8.07. The van der Waals surface area contributed by atoms with Gasteiger partial charge in [0.05, 0.1) is 18.8 Å². The molecule has 1 saturated heterocycles. The van der Waals surface area contributed by atoms with Crippen LogP contribution in [0.15, 0.2) is 11.6 Å². The largest absolute Gasteiger partial charge is 0.458 e. The molecule has 4 N–H and O–H groups in total. The molecule has 7 heteroatoms. The number of hydrogen-bond acceptors (Lipinski definition) is 7. The topological polar surface area (TPSA) is 116 Å². The Balaban J connectivity index is 0.000000174. The van der Waals surface area contributed by atoms with Crippen molar-refractivity contribution in [2.45, 2.75) is 63.1 Å². The molecule has 7 nitrogen and oxygen atoms in total. The summed E-state index contributed by atoms with van der Waals surface area (Å²) in [5.41, 5.74) is 1.10. The minimum Gasteiger partial charge on any atom is -0.458 e. The number of hydrogen-bond donors (Lipinski definition) is 4. The van der Waals surface area contributed by atoms with Gasteiger partial charge < -0.3 is 29.9 Å². The summed E-state index contributed by atoms with van der Waals surface area (Å²) in [7, 11) is 0. The first-order valence-electron chi connectivity index (χ1n) is 8.07. The van der Waals surface area contributed by atoms with Gasteiger partial charge in [-0.3, -0.25) is 0 Å². The van der Waals surface area contributed by atoms with Crippen LogP contribution < -0.4 is 0 Å². The molecule has 0 bridgehead atoms. The van der Waals surface area contributed by atoms with Crippen LogP contribution in [0.5, 0.6) is 0 Å². The SMILES string of the molecule is CC1=CC(=O)OC2CC(O)CCC12.OCC1OCCC(O)C1O. The number of carbonyl (C=O) groups excluding carboxylic acids is 1. The van der Waals surface area contributed by atoms with E-state index in [1.165, 1.54) is 0 Å². The third-order valence-corrected chi connectivity index (χ3v) is 4.66. The predicted octanol–water partition coefficient (Wildman–Crippen LogP) is -0.492. The number of aliphatic hydroxyl groups is 4. The normalized spacial score (nSPS) is 40.2. The van der Waals surface area contributed by atoms with Crippen molar-refractivity contribution >= 4 is 5.97 Å². The summed E-state index contributed by atoms with van der Waals surface area (Å²) in [5.74, 6) is 0.0916. The smallest absolute Gasteiger partial charge is 0.330 e. The van der Waals surface area contributed by atoms with Crippen LogP contribution in [0.25, 0.3) is 0 Å². The van der Waals surface area contributed by atoms with Crippen LogP contribution in [0.3, 0.4) is 0 Å². The quantitative estimate of drug-likeness (QED) is 0.479. The van der Waals surface area contributed by atoms with E-state index in [9.17, 15) is 9.90 Å². The minimum absolute atomic E-state index is 0.0822. The van der Waals surface area contributed by atoms with Crippen LogP contribution in [0.4, 0.5) is 0 Å². The van der Waals surface area contributed by atoms with Gasteiger partial charge in [-0.15, -0.1) is 0 Å². The Hall–Kier alpha value is -0.990. The predicted molar refractivity (Wildman–Crippen MR) is 80.4 cm³/mol. The van der Waals surface area contributed by atoms with Crippen molar-refractivity contribution in [3.63, 3.8) is 0 Å². The zero-order chi connectivity index (χ0) is 17.0. The van der Waals surface area contributed by atoms with E-state index >= 15 is 0 Å². The van der Waals surface area contributed by atoms with E-state index in [1.807, 2.05) is 6.92 Å². The zero-order valence-electron chi connectivity index (χ0n) is 13.3. The van der Waals surface area contributed by atoms with Gasteiger partial charge in [-0.05, 0) is 26.2 Å². The second-order valence-corrected chi connectivity index (χ2v) is 6.38. The van der Waals surface area contributed by atoms with Crippen molar-refractivity contribution < 1.29 is 34.7 Å². The lowest BCUT2D eigenvalue weighted by atomic mass is 9.79. The van der Waals surface area contributed by atoms with Crippen LogP contribution in [-0.4, -0.2) is 70.1 Å². The number of ether oxygens (including phenoxy) is 2. The van der Waals surface area contributed by atoms with Gasteiger partial charge in [0.15, 0.2) is 0 Å². The molecule has 0 amide bonds. The summed E-state index contributed by atoms with van der Waals surface area (Å²) in [6.07, 6.45) is 1.71. The molecule has 0 aromatic carbocycles. The molecule has 0 radical (unpaired) electrons. The fraction of sp³-hybridized carbons (Fsp3) is 0.812. The number of esters is 1. The van der Waals surface area contributed by atoms with Crippen LogP contribution in [0.2, 0.25) is 0 Å². The van der Waals surface area contributed by atoms with Gasteiger partial charge in [0.2, 0.25) is 0 Å². The van der Waals surface area contributed by atoms with Crippen LogP contribution >= 0.6 is 0 Å². The highest BCUT2D eigenvalue weighted by atomic mass is 16.5. The van der Waals surface area contributed by atoms with Crippen LogP contribution in [0.1, 0.15) is 32.6 Å². The highest BCUT2D eigenvalue weighted by molar-refractivity contribution is 5.84. The van der Waals surface area contributed by atoms with Crippen molar-refractivity contribution in [3.05, 3.63) is 11.6 Å². The molecule has 3 rings (SSSR count). The maximum absolute atomic E-state index is 11.1. The zero-order valence-corrected chi connectivity index (χ0v) is 13.3. The van der Waals surface area contributed by atoms with E-state index in [1.54, 1.807) is 6.08 Å². The number of rotatable bonds is 1. The van der Waals surface area contributed by atoms with Crippen molar-refractivity contribution in [1.82, 2.24) is 0 Å². The van der Waals surface area contributed by atoms with E-state index < -0.39 is 18.3 Å². The average molecular weight is 330 g/mol. The minimum atomic E-state index is -0.932. The van der Waals surface area contributed by atoms with Crippen molar-refractivity contribution in [2.24, 2.45) is 5.92 Å². The molecule has 6 atom stereocenters. The van der Waals surface area contributed by atoms with Crippen LogP contribution in [-0.2, 0) is 14.3 Å². The second kappa shape index (κ2) is 8.21. The van der Waals surface area contributed by atoms with E-state index in [-0.39, 0.29) is 24.8 Å². The lowest BCUT2D eigenvalue weighted by Crippen LogP contribution is -2.46. The molecule has 1 saturated carbocycles. The molecule has 2 fully saturated rings. The molecule has 132 valence electrons. The molecule has 3 aliphatic rings. The highest BCUT2D eigenvalue weighted by Crippen LogP contribution is 2.34. The summed E-state index contributed by atoms with van der Waals surface area (Å²) in [5, 5.41) is 36.1. The van der Waals surface area contributed by atoms with Gasteiger partial charge in [-0.1, -0.05) is 5.57 Å². The third-order valence-electron chi connectivity index (χ3n) is 4.66. The van der Waals surface area contributed by atoms with Gasteiger partial charge in [-0.2, -0.15) is 0 Å². The average Bonchev–Trinajstić information content (AvgIpc) is 2.50. The highest BCUT2D eigenvalue weighted by Gasteiger charge is 2.36. The molecule has 2 aliphatic heterocycles. The van der Waals surface area contributed by atoms with Gasteiger partial charge >= 0.3 is 5.97 Å². The first-order chi connectivity index (χ1) is 10.9. The van der Waals surface area contributed by atoms with Gasteiger partial charge in [0.25, 0.3) is 0 Å². The number of aliphatic hydroxyl groups excluding tert-OH is 4. The van der Waals surface area contributed by atoms with Crippen molar-refractivity contribution in [3.8, 4) is 0 Å². The first kappa shape index (κ1) is 18.4. The molecule has 0 aromatic heterocycles. The summed E-state index contributed by atoms with van der Waals surface area (Å²) in [4.78, 5) is 11.1. The lowest BCUT2D eigenvalue weighted by Gasteiger charge is -2.36. The molecule has 0 aromatic rings. The summed E-state index contributed by atoms with van der Waals surface area (Å²) in [6, 6.07) is 0. The van der Waals surface area contributed by atoms with Gasteiger partial charge in [0, 0.05) is 25.0 Å². The Morgan fingerprint density at radius 2 is 1.96 bits per heavy atom. The molecule has 6 unspecified atom stereocenters. The van der Waals surface area contributed by atoms with Gasteiger partial charge in [0.1, 0.15) is 18.3 Å². The summed E-state index contributed by atoms with van der Waals surface area (Å²) >= 11 is 0. The van der Waals surface area contributed by atoms with Crippen LogP contribution in [0, 0.1) is 5.92 Å². The van der Waals surface area contributed by atoms with E-state index in [0.717, 1.165) is 18.4 Å². The Morgan fingerprint density at radius 3 is 2.61 bits per heavy atom. The standard InChI is InChI=1S/C10H14O3.C6H12O4/c1-6-4-10(12)13-9-5-7(11)2-3-8(6)9;7-3-5-6(9)4(8)1-2-10-5/h4,7-9,11H,2-3,5H2,1H3;4-9H,1-3H2. The number of fused-ring (bicyclic) bond motifs is 1.